The fourth-order valence-corrected chi connectivity index (χ4v) is 1.66. The molecule has 0 saturated carbocycles. The summed E-state index contributed by atoms with van der Waals surface area (Å²) >= 11 is 0. The largest absolute Gasteiger partial charge is 0.508 e. The van der Waals surface area contributed by atoms with E-state index in [2.05, 4.69) is 5.32 Å². The molecular formula is C16H14FNO4. The van der Waals surface area contributed by atoms with Crippen LogP contribution in [0.1, 0.15) is 17.3 Å². The molecule has 2 aromatic carbocycles. The van der Waals surface area contributed by atoms with Gasteiger partial charge in [-0.2, -0.15) is 0 Å². The van der Waals surface area contributed by atoms with Crippen molar-refractivity contribution in [2.75, 3.05) is 5.32 Å². The zero-order valence-corrected chi connectivity index (χ0v) is 11.7. The lowest BCUT2D eigenvalue weighted by Crippen LogP contribution is -2.29. The van der Waals surface area contributed by atoms with Crippen LogP contribution in [-0.2, 0) is 9.53 Å². The number of ether oxygens (including phenoxy) is 1. The molecule has 22 heavy (non-hydrogen) atoms. The molecule has 114 valence electrons. The van der Waals surface area contributed by atoms with Gasteiger partial charge in [0.2, 0.25) is 0 Å². The third kappa shape index (κ3) is 4.05. The summed E-state index contributed by atoms with van der Waals surface area (Å²) in [5.74, 6) is -1.59. The SMILES string of the molecule is CC(OC(=O)c1ccc(O)cc1)C(=O)Nc1ccc(F)cc1. The van der Waals surface area contributed by atoms with Crippen molar-refractivity contribution in [1.82, 2.24) is 0 Å². The van der Waals surface area contributed by atoms with E-state index in [0.717, 1.165) is 0 Å². The summed E-state index contributed by atoms with van der Waals surface area (Å²) in [5.41, 5.74) is 0.623. The van der Waals surface area contributed by atoms with Gasteiger partial charge in [-0.05, 0) is 55.5 Å². The predicted molar refractivity (Wildman–Crippen MR) is 78.0 cm³/mol. The Bertz CT molecular complexity index is 668. The first kappa shape index (κ1) is 15.5. The Hall–Kier alpha value is -2.89. The molecule has 1 amide bonds. The molecule has 0 saturated heterocycles. The summed E-state index contributed by atoms with van der Waals surface area (Å²) in [5, 5.41) is 11.7. The van der Waals surface area contributed by atoms with Crippen LogP contribution < -0.4 is 5.32 Å². The van der Waals surface area contributed by atoms with Crippen molar-refractivity contribution in [3.8, 4) is 5.75 Å². The normalized spacial score (nSPS) is 11.5. The fraction of sp³-hybridized carbons (Fsp3) is 0.125. The minimum absolute atomic E-state index is 0.0265. The van der Waals surface area contributed by atoms with Crippen molar-refractivity contribution in [3.63, 3.8) is 0 Å². The quantitative estimate of drug-likeness (QED) is 0.852. The molecular weight excluding hydrogens is 289 g/mol. The highest BCUT2D eigenvalue weighted by Crippen LogP contribution is 2.13. The number of carbonyl (C=O) groups excluding carboxylic acids is 2. The smallest absolute Gasteiger partial charge is 0.338 e. The van der Waals surface area contributed by atoms with Crippen molar-refractivity contribution in [2.45, 2.75) is 13.0 Å². The lowest BCUT2D eigenvalue weighted by atomic mass is 10.2. The molecule has 2 aromatic rings. The first-order chi connectivity index (χ1) is 10.5. The van der Waals surface area contributed by atoms with Crippen molar-refractivity contribution in [1.29, 1.82) is 0 Å². The van der Waals surface area contributed by atoms with Crippen LogP contribution in [0.15, 0.2) is 48.5 Å². The van der Waals surface area contributed by atoms with E-state index in [-0.39, 0.29) is 11.3 Å². The summed E-state index contributed by atoms with van der Waals surface area (Å²) in [7, 11) is 0. The van der Waals surface area contributed by atoms with Crippen molar-refractivity contribution in [3.05, 3.63) is 59.9 Å². The minimum Gasteiger partial charge on any atom is -0.508 e. The van der Waals surface area contributed by atoms with Gasteiger partial charge in [0.05, 0.1) is 5.56 Å². The number of carbonyl (C=O) groups is 2. The highest BCUT2D eigenvalue weighted by atomic mass is 19.1. The van der Waals surface area contributed by atoms with E-state index in [1.165, 1.54) is 55.5 Å². The third-order valence-electron chi connectivity index (χ3n) is 2.87. The molecule has 2 rings (SSSR count). The molecule has 0 aromatic heterocycles. The monoisotopic (exact) mass is 303 g/mol. The van der Waals surface area contributed by atoms with Gasteiger partial charge in [-0.15, -0.1) is 0 Å². The lowest BCUT2D eigenvalue weighted by molar-refractivity contribution is -0.123. The third-order valence-corrected chi connectivity index (χ3v) is 2.87. The molecule has 1 unspecified atom stereocenters. The highest BCUT2D eigenvalue weighted by molar-refractivity contribution is 5.97. The Morgan fingerprint density at radius 1 is 1.09 bits per heavy atom. The van der Waals surface area contributed by atoms with Crippen LogP contribution in [0.5, 0.6) is 5.75 Å². The Balaban J connectivity index is 1.94. The number of halogens is 1. The van der Waals surface area contributed by atoms with E-state index in [1.54, 1.807) is 0 Å². The topological polar surface area (TPSA) is 75.6 Å². The molecule has 0 heterocycles. The Labute approximate surface area is 126 Å². The molecule has 0 radical (unpaired) electrons. The maximum atomic E-state index is 12.8. The Kier molecular flexibility index (Phi) is 4.73. The number of hydrogen-bond acceptors (Lipinski definition) is 4. The van der Waals surface area contributed by atoms with E-state index in [9.17, 15) is 14.0 Å². The molecule has 1 atom stereocenters. The van der Waals surface area contributed by atoms with Gasteiger partial charge in [0.15, 0.2) is 6.10 Å². The average molecular weight is 303 g/mol. The van der Waals surface area contributed by atoms with Gasteiger partial charge in [-0.1, -0.05) is 0 Å². The Morgan fingerprint density at radius 3 is 2.27 bits per heavy atom. The zero-order valence-electron chi connectivity index (χ0n) is 11.7. The number of esters is 1. The number of phenolic OH excluding ortho intramolecular Hbond substituents is 1. The van der Waals surface area contributed by atoms with Crippen LogP contribution in [0.2, 0.25) is 0 Å². The van der Waals surface area contributed by atoms with Crippen LogP contribution in [-0.4, -0.2) is 23.1 Å². The second-order valence-electron chi connectivity index (χ2n) is 4.59. The van der Waals surface area contributed by atoms with E-state index >= 15 is 0 Å². The summed E-state index contributed by atoms with van der Waals surface area (Å²) < 4.78 is 17.8. The van der Waals surface area contributed by atoms with Gasteiger partial charge in [-0.25, -0.2) is 9.18 Å². The molecule has 0 fully saturated rings. The van der Waals surface area contributed by atoms with Crippen molar-refractivity contribution in [2.24, 2.45) is 0 Å². The fourth-order valence-electron chi connectivity index (χ4n) is 1.66. The van der Waals surface area contributed by atoms with Gasteiger partial charge >= 0.3 is 5.97 Å². The van der Waals surface area contributed by atoms with E-state index < -0.39 is 23.8 Å². The minimum atomic E-state index is -1.02. The standard InChI is InChI=1S/C16H14FNO4/c1-10(15(20)18-13-6-4-12(17)5-7-13)22-16(21)11-2-8-14(19)9-3-11/h2-10,19H,1H3,(H,18,20). The van der Waals surface area contributed by atoms with Gasteiger partial charge in [0, 0.05) is 5.69 Å². The molecule has 0 aliphatic carbocycles. The molecule has 0 aliphatic rings. The number of aromatic hydroxyl groups is 1. The van der Waals surface area contributed by atoms with Gasteiger partial charge < -0.3 is 15.2 Å². The Morgan fingerprint density at radius 2 is 1.68 bits per heavy atom. The van der Waals surface area contributed by atoms with Crippen LogP contribution >= 0.6 is 0 Å². The van der Waals surface area contributed by atoms with Crippen LogP contribution in [0.3, 0.4) is 0 Å². The van der Waals surface area contributed by atoms with Crippen LogP contribution in [0, 0.1) is 5.82 Å². The van der Waals surface area contributed by atoms with Gasteiger partial charge in [0.25, 0.3) is 5.91 Å². The van der Waals surface area contributed by atoms with E-state index in [0.29, 0.717) is 5.69 Å². The number of anilines is 1. The summed E-state index contributed by atoms with van der Waals surface area (Å²) in [6.45, 7) is 1.43. The second-order valence-corrected chi connectivity index (χ2v) is 4.59. The summed E-state index contributed by atoms with van der Waals surface area (Å²) in [6.07, 6.45) is -1.02. The second kappa shape index (κ2) is 6.71. The lowest BCUT2D eigenvalue weighted by Gasteiger charge is -2.13. The van der Waals surface area contributed by atoms with Gasteiger partial charge in [0.1, 0.15) is 11.6 Å². The predicted octanol–water partition coefficient (Wildman–Crippen LogP) is 2.72. The molecule has 0 spiro atoms. The summed E-state index contributed by atoms with van der Waals surface area (Å²) in [6, 6.07) is 10.7. The maximum absolute atomic E-state index is 12.8. The summed E-state index contributed by atoms with van der Waals surface area (Å²) in [4.78, 5) is 23.7. The molecule has 0 aliphatic heterocycles. The number of benzene rings is 2. The zero-order chi connectivity index (χ0) is 16.1. The maximum Gasteiger partial charge on any atom is 0.338 e. The molecule has 6 heteroatoms. The van der Waals surface area contributed by atoms with Crippen LogP contribution in [0.4, 0.5) is 10.1 Å². The van der Waals surface area contributed by atoms with E-state index in [1.807, 2.05) is 0 Å². The van der Waals surface area contributed by atoms with Crippen molar-refractivity contribution < 1.29 is 23.8 Å². The highest BCUT2D eigenvalue weighted by Gasteiger charge is 2.19. The van der Waals surface area contributed by atoms with Gasteiger partial charge in [-0.3, -0.25) is 4.79 Å². The number of amides is 1. The van der Waals surface area contributed by atoms with E-state index in [4.69, 9.17) is 9.84 Å². The first-order valence-corrected chi connectivity index (χ1v) is 6.52. The number of nitrogens with one attached hydrogen (secondary N) is 1. The number of rotatable bonds is 4. The average Bonchev–Trinajstić information content (AvgIpc) is 2.50. The molecule has 5 nitrogen and oxygen atoms in total. The number of phenols is 1. The first-order valence-electron chi connectivity index (χ1n) is 6.52. The van der Waals surface area contributed by atoms with Crippen LogP contribution in [0.25, 0.3) is 0 Å². The van der Waals surface area contributed by atoms with Crippen molar-refractivity contribution >= 4 is 17.6 Å². The molecule has 0 bridgehead atoms. The number of hydrogen-bond donors (Lipinski definition) is 2. The molecule has 2 N–H and O–H groups in total.